The molecule has 0 saturated heterocycles. The van der Waals surface area contributed by atoms with Gasteiger partial charge in [0, 0.05) is 11.1 Å². The van der Waals surface area contributed by atoms with Gasteiger partial charge >= 0.3 is 0 Å². The second-order valence-corrected chi connectivity index (χ2v) is 3.59. The molecule has 74 valence electrons. The van der Waals surface area contributed by atoms with Crippen LogP contribution in [0.2, 0.25) is 0 Å². The smallest absolute Gasteiger partial charge is 0.170 e. The van der Waals surface area contributed by atoms with E-state index >= 15 is 0 Å². The molecule has 2 rings (SSSR count). The van der Waals surface area contributed by atoms with Crippen LogP contribution in [0.15, 0.2) is 0 Å². The number of halogens is 1. The molecule has 0 saturated carbocycles. The first-order valence-corrected chi connectivity index (χ1v) is 4.84. The highest BCUT2D eigenvalue weighted by atomic mass is 32.1. The molecule has 5 heteroatoms. The molecule has 0 bridgehead atoms. The predicted octanol–water partition coefficient (Wildman–Crippen LogP) is 2.46. The van der Waals surface area contributed by atoms with Crippen molar-refractivity contribution >= 4 is 22.8 Å². The molecule has 0 aliphatic heterocycles. The third-order valence-electron chi connectivity index (χ3n) is 2.27. The number of hydrogen-bond acceptors (Lipinski definition) is 4. The van der Waals surface area contributed by atoms with Gasteiger partial charge in [-0.2, -0.15) is 8.75 Å². The van der Waals surface area contributed by atoms with Crippen LogP contribution in [0.1, 0.15) is 11.1 Å². The maximum Gasteiger partial charge on any atom is 0.170 e. The number of hydrogen-bond donors (Lipinski definition) is 0. The van der Waals surface area contributed by atoms with Crippen LogP contribution in [0, 0.1) is 19.7 Å². The number of methoxy groups -OCH3 is 1. The summed E-state index contributed by atoms with van der Waals surface area (Å²) in [6, 6.07) is 0. The summed E-state index contributed by atoms with van der Waals surface area (Å²) in [6.45, 7) is 3.46. The second kappa shape index (κ2) is 3.16. The Morgan fingerprint density at radius 1 is 1.14 bits per heavy atom. The van der Waals surface area contributed by atoms with Crippen LogP contribution in [0.4, 0.5) is 4.39 Å². The first-order valence-electron chi connectivity index (χ1n) is 4.11. The minimum atomic E-state index is -0.342. The van der Waals surface area contributed by atoms with Crippen LogP contribution in [0.5, 0.6) is 5.75 Å². The summed E-state index contributed by atoms with van der Waals surface area (Å²) in [5.74, 6) is -0.0760. The Morgan fingerprint density at radius 2 is 1.71 bits per heavy atom. The molecule has 1 aromatic heterocycles. The summed E-state index contributed by atoms with van der Waals surface area (Å²) >= 11 is 1.09. The predicted molar refractivity (Wildman–Crippen MR) is 53.4 cm³/mol. The molecule has 0 amide bonds. The Morgan fingerprint density at radius 3 is 2.29 bits per heavy atom. The van der Waals surface area contributed by atoms with E-state index in [1.54, 1.807) is 13.8 Å². The first-order chi connectivity index (χ1) is 6.66. The fraction of sp³-hybridized carbons (Fsp3) is 0.333. The number of nitrogens with zero attached hydrogens (tertiary/aromatic N) is 2. The molecule has 2 aromatic rings. The largest absolute Gasteiger partial charge is 0.493 e. The number of aromatic nitrogens is 2. The topological polar surface area (TPSA) is 35.0 Å². The van der Waals surface area contributed by atoms with Crippen LogP contribution in [0.3, 0.4) is 0 Å². The van der Waals surface area contributed by atoms with Crippen molar-refractivity contribution in [3.05, 3.63) is 16.9 Å². The summed E-state index contributed by atoms with van der Waals surface area (Å²) in [5, 5.41) is 0. The number of fused-ring (bicyclic) bond motifs is 1. The van der Waals surface area contributed by atoms with E-state index in [4.69, 9.17) is 4.74 Å². The standard InChI is InChI=1S/C9H9FN2OS/c1-4-6(10)9(13-3)5(2)8-7(4)11-14-12-8/h1-3H3. The van der Waals surface area contributed by atoms with Crippen LogP contribution in [-0.2, 0) is 0 Å². The van der Waals surface area contributed by atoms with E-state index in [-0.39, 0.29) is 11.6 Å². The second-order valence-electron chi connectivity index (χ2n) is 3.06. The molecule has 1 aromatic carbocycles. The van der Waals surface area contributed by atoms with Crippen molar-refractivity contribution in [1.82, 2.24) is 8.75 Å². The van der Waals surface area contributed by atoms with Crippen molar-refractivity contribution in [3.8, 4) is 5.75 Å². The van der Waals surface area contributed by atoms with Gasteiger partial charge in [-0.15, -0.1) is 0 Å². The zero-order chi connectivity index (χ0) is 10.3. The summed E-state index contributed by atoms with van der Waals surface area (Å²) in [4.78, 5) is 0. The number of aryl methyl sites for hydroxylation is 2. The Balaban J connectivity index is 2.94. The van der Waals surface area contributed by atoms with Gasteiger partial charge in [-0.25, -0.2) is 4.39 Å². The van der Waals surface area contributed by atoms with Gasteiger partial charge < -0.3 is 4.74 Å². The Labute approximate surface area is 84.8 Å². The molecule has 0 fully saturated rings. The quantitative estimate of drug-likeness (QED) is 0.728. The summed E-state index contributed by atoms with van der Waals surface area (Å²) in [5.41, 5.74) is 2.56. The van der Waals surface area contributed by atoms with E-state index < -0.39 is 0 Å². The fourth-order valence-corrected chi connectivity index (χ4v) is 2.12. The van der Waals surface area contributed by atoms with Crippen LogP contribution in [0.25, 0.3) is 11.0 Å². The third-order valence-corrected chi connectivity index (χ3v) is 2.80. The molecule has 0 radical (unpaired) electrons. The lowest BCUT2D eigenvalue weighted by Gasteiger charge is -2.08. The highest BCUT2D eigenvalue weighted by Crippen LogP contribution is 2.32. The normalized spacial score (nSPS) is 10.9. The minimum absolute atomic E-state index is 0.266. The molecular formula is C9H9FN2OS. The zero-order valence-electron chi connectivity index (χ0n) is 8.09. The van der Waals surface area contributed by atoms with E-state index in [2.05, 4.69) is 8.75 Å². The maximum atomic E-state index is 13.7. The molecule has 0 spiro atoms. The lowest BCUT2D eigenvalue weighted by atomic mass is 10.1. The van der Waals surface area contributed by atoms with Gasteiger partial charge in [0.05, 0.1) is 18.8 Å². The summed E-state index contributed by atoms with van der Waals surface area (Å²) in [6.07, 6.45) is 0. The number of rotatable bonds is 1. The fourth-order valence-electron chi connectivity index (χ4n) is 1.47. The maximum absolute atomic E-state index is 13.7. The van der Waals surface area contributed by atoms with Crippen molar-refractivity contribution in [2.75, 3.05) is 7.11 Å². The van der Waals surface area contributed by atoms with Crippen LogP contribution in [-0.4, -0.2) is 15.9 Å². The lowest BCUT2D eigenvalue weighted by Crippen LogP contribution is -1.96. The highest BCUT2D eigenvalue weighted by Gasteiger charge is 2.17. The van der Waals surface area contributed by atoms with E-state index in [1.165, 1.54) is 7.11 Å². The van der Waals surface area contributed by atoms with Gasteiger partial charge in [0.25, 0.3) is 0 Å². The Bertz CT molecular complexity index is 495. The molecule has 0 aliphatic carbocycles. The van der Waals surface area contributed by atoms with Crippen molar-refractivity contribution in [3.63, 3.8) is 0 Å². The molecule has 0 atom stereocenters. The minimum Gasteiger partial charge on any atom is -0.493 e. The summed E-state index contributed by atoms with van der Waals surface area (Å²) < 4.78 is 26.8. The van der Waals surface area contributed by atoms with Gasteiger partial charge in [-0.3, -0.25) is 0 Å². The van der Waals surface area contributed by atoms with Crippen molar-refractivity contribution in [1.29, 1.82) is 0 Å². The SMILES string of the molecule is COc1c(F)c(C)c2nsnc2c1C. The van der Waals surface area contributed by atoms with Gasteiger partial charge in [0.15, 0.2) is 11.6 Å². The van der Waals surface area contributed by atoms with E-state index in [1.807, 2.05) is 0 Å². The van der Waals surface area contributed by atoms with E-state index in [0.717, 1.165) is 17.2 Å². The molecule has 3 nitrogen and oxygen atoms in total. The van der Waals surface area contributed by atoms with Crippen molar-refractivity contribution in [2.24, 2.45) is 0 Å². The molecule has 0 aliphatic rings. The van der Waals surface area contributed by atoms with Crippen molar-refractivity contribution in [2.45, 2.75) is 13.8 Å². The van der Waals surface area contributed by atoms with Gasteiger partial charge in [0.1, 0.15) is 11.0 Å². The van der Waals surface area contributed by atoms with Gasteiger partial charge in [-0.1, -0.05) is 0 Å². The van der Waals surface area contributed by atoms with E-state index in [0.29, 0.717) is 16.6 Å². The third kappa shape index (κ3) is 1.09. The molecule has 1 heterocycles. The molecule has 0 unspecified atom stereocenters. The Hall–Kier alpha value is -1.23. The summed E-state index contributed by atoms with van der Waals surface area (Å²) in [7, 11) is 1.45. The van der Waals surface area contributed by atoms with Crippen LogP contribution >= 0.6 is 11.7 Å². The Kier molecular flexibility index (Phi) is 2.11. The lowest BCUT2D eigenvalue weighted by molar-refractivity contribution is 0.383. The first kappa shape index (κ1) is 9.33. The monoisotopic (exact) mass is 212 g/mol. The van der Waals surface area contributed by atoms with Crippen molar-refractivity contribution < 1.29 is 9.13 Å². The average Bonchev–Trinajstić information content (AvgIpc) is 2.64. The van der Waals surface area contributed by atoms with Gasteiger partial charge in [-0.05, 0) is 13.8 Å². The molecular weight excluding hydrogens is 203 g/mol. The van der Waals surface area contributed by atoms with Gasteiger partial charge in [0.2, 0.25) is 0 Å². The molecule has 0 N–H and O–H groups in total. The van der Waals surface area contributed by atoms with E-state index in [9.17, 15) is 4.39 Å². The average molecular weight is 212 g/mol. The molecule has 14 heavy (non-hydrogen) atoms. The highest BCUT2D eigenvalue weighted by molar-refractivity contribution is 7.00. The zero-order valence-corrected chi connectivity index (χ0v) is 8.91. The number of benzene rings is 1. The number of ether oxygens (including phenoxy) is 1. The van der Waals surface area contributed by atoms with Crippen LogP contribution < -0.4 is 4.74 Å².